The highest BCUT2D eigenvalue weighted by Crippen LogP contribution is 2.31. The largest absolute Gasteiger partial charge is 0.381 e. The first-order valence-corrected chi connectivity index (χ1v) is 6.29. The molecule has 1 heterocycles. The lowest BCUT2D eigenvalue weighted by Gasteiger charge is -2.41. The van der Waals surface area contributed by atoms with Gasteiger partial charge >= 0.3 is 0 Å². The van der Waals surface area contributed by atoms with Crippen molar-refractivity contribution in [3.63, 3.8) is 0 Å². The second-order valence-electron chi connectivity index (χ2n) is 4.93. The monoisotopic (exact) mass is 226 g/mol. The highest BCUT2D eigenvalue weighted by molar-refractivity contribution is 5.80. The van der Waals surface area contributed by atoms with Crippen molar-refractivity contribution in [2.45, 2.75) is 44.2 Å². The maximum absolute atomic E-state index is 12.2. The second kappa shape index (κ2) is 5.15. The molecule has 1 aliphatic carbocycles. The summed E-state index contributed by atoms with van der Waals surface area (Å²) in [4.78, 5) is 14.2. The summed E-state index contributed by atoms with van der Waals surface area (Å²) >= 11 is 0. The van der Waals surface area contributed by atoms with Crippen molar-refractivity contribution in [2.24, 2.45) is 11.7 Å². The van der Waals surface area contributed by atoms with Crippen molar-refractivity contribution in [3.05, 3.63) is 0 Å². The highest BCUT2D eigenvalue weighted by atomic mass is 16.5. The lowest BCUT2D eigenvalue weighted by molar-refractivity contribution is -0.143. The number of hydrogen-bond acceptors (Lipinski definition) is 3. The number of likely N-dealkylation sites (tertiary alicyclic amines) is 1. The molecule has 2 unspecified atom stereocenters. The van der Waals surface area contributed by atoms with E-state index >= 15 is 0 Å². The van der Waals surface area contributed by atoms with Crippen molar-refractivity contribution >= 4 is 5.91 Å². The number of piperidine rings is 1. The zero-order valence-electron chi connectivity index (χ0n) is 10.0. The number of ether oxygens (including phenoxy) is 1. The maximum Gasteiger partial charge on any atom is 0.225 e. The fraction of sp³-hybridized carbons (Fsp3) is 0.917. The zero-order chi connectivity index (χ0) is 11.5. The Morgan fingerprint density at radius 2 is 2.19 bits per heavy atom. The normalized spacial score (nSPS) is 31.2. The van der Waals surface area contributed by atoms with Crippen molar-refractivity contribution in [3.8, 4) is 0 Å². The summed E-state index contributed by atoms with van der Waals surface area (Å²) in [5.41, 5.74) is 5.76. The van der Waals surface area contributed by atoms with Gasteiger partial charge in [0, 0.05) is 32.2 Å². The third-order valence-corrected chi connectivity index (χ3v) is 4.01. The number of carbonyl (C=O) groups excluding carboxylic acids is 1. The second-order valence-corrected chi connectivity index (χ2v) is 4.93. The van der Waals surface area contributed by atoms with Crippen LogP contribution in [-0.4, -0.2) is 43.2 Å². The lowest BCUT2D eigenvalue weighted by Crippen LogP contribution is -2.53. The van der Waals surface area contributed by atoms with E-state index in [1.807, 2.05) is 4.90 Å². The minimum atomic E-state index is 0.187. The standard InChI is InChI=1S/C12H22N2O2/c1-16-11-5-6-14(10(7-11)8-13)12(15)9-3-2-4-9/h9-11H,2-8,13H2,1H3. The summed E-state index contributed by atoms with van der Waals surface area (Å²) in [7, 11) is 1.74. The Morgan fingerprint density at radius 3 is 2.69 bits per heavy atom. The molecule has 0 bridgehead atoms. The molecular weight excluding hydrogens is 204 g/mol. The summed E-state index contributed by atoms with van der Waals surface area (Å²) < 4.78 is 5.36. The molecule has 0 aromatic carbocycles. The van der Waals surface area contributed by atoms with Gasteiger partial charge in [0.2, 0.25) is 5.91 Å². The van der Waals surface area contributed by atoms with Crippen molar-refractivity contribution in [1.82, 2.24) is 4.90 Å². The molecule has 1 saturated heterocycles. The van der Waals surface area contributed by atoms with Crippen LogP contribution < -0.4 is 5.73 Å². The molecule has 4 nitrogen and oxygen atoms in total. The van der Waals surface area contributed by atoms with Gasteiger partial charge < -0.3 is 15.4 Å². The minimum absolute atomic E-state index is 0.187. The zero-order valence-corrected chi connectivity index (χ0v) is 10.0. The van der Waals surface area contributed by atoms with Crippen LogP contribution in [0.1, 0.15) is 32.1 Å². The minimum Gasteiger partial charge on any atom is -0.381 e. The quantitative estimate of drug-likeness (QED) is 0.772. The molecule has 2 aliphatic rings. The van der Waals surface area contributed by atoms with E-state index in [0.29, 0.717) is 12.5 Å². The summed E-state index contributed by atoms with van der Waals surface area (Å²) in [5.74, 6) is 0.615. The van der Waals surface area contributed by atoms with Gasteiger partial charge in [-0.1, -0.05) is 6.42 Å². The van der Waals surface area contributed by atoms with E-state index in [-0.39, 0.29) is 18.1 Å². The maximum atomic E-state index is 12.2. The van der Waals surface area contributed by atoms with Gasteiger partial charge in [-0.2, -0.15) is 0 Å². The molecule has 2 fully saturated rings. The first kappa shape index (κ1) is 11.9. The SMILES string of the molecule is COC1CCN(C(=O)C2CCC2)C(CN)C1. The van der Waals surface area contributed by atoms with Crippen LogP contribution in [0, 0.1) is 5.92 Å². The fourth-order valence-corrected chi connectivity index (χ4v) is 2.63. The molecule has 0 aromatic rings. The lowest BCUT2D eigenvalue weighted by atomic mass is 9.83. The Balaban J connectivity index is 1.94. The molecule has 2 rings (SSSR count). The highest BCUT2D eigenvalue weighted by Gasteiger charge is 2.36. The third-order valence-electron chi connectivity index (χ3n) is 4.01. The molecule has 92 valence electrons. The summed E-state index contributed by atoms with van der Waals surface area (Å²) in [6.07, 6.45) is 5.47. The number of amides is 1. The Morgan fingerprint density at radius 1 is 1.44 bits per heavy atom. The number of hydrogen-bond donors (Lipinski definition) is 1. The number of carbonyl (C=O) groups is 1. The van der Waals surface area contributed by atoms with Gasteiger partial charge in [0.05, 0.1) is 6.10 Å². The predicted octanol–water partition coefficient (Wildman–Crippen LogP) is 0.751. The molecule has 1 amide bonds. The van der Waals surface area contributed by atoms with E-state index < -0.39 is 0 Å². The first-order chi connectivity index (χ1) is 7.76. The Kier molecular flexibility index (Phi) is 3.82. The molecular formula is C12H22N2O2. The smallest absolute Gasteiger partial charge is 0.225 e. The molecule has 0 radical (unpaired) electrons. The van der Waals surface area contributed by atoms with E-state index in [9.17, 15) is 4.79 Å². The molecule has 16 heavy (non-hydrogen) atoms. The number of methoxy groups -OCH3 is 1. The Labute approximate surface area is 97.1 Å². The molecule has 0 spiro atoms. The van der Waals surface area contributed by atoms with Crippen LogP contribution in [0.25, 0.3) is 0 Å². The average molecular weight is 226 g/mol. The van der Waals surface area contributed by atoms with E-state index in [2.05, 4.69) is 0 Å². The van der Waals surface area contributed by atoms with Gasteiger partial charge in [-0.15, -0.1) is 0 Å². The third kappa shape index (κ3) is 2.23. The molecule has 2 N–H and O–H groups in total. The van der Waals surface area contributed by atoms with Gasteiger partial charge in [0.15, 0.2) is 0 Å². The Bertz CT molecular complexity index is 253. The molecule has 4 heteroatoms. The van der Waals surface area contributed by atoms with E-state index in [4.69, 9.17) is 10.5 Å². The van der Waals surface area contributed by atoms with Crippen LogP contribution in [0.4, 0.5) is 0 Å². The summed E-state index contributed by atoms with van der Waals surface area (Å²) in [6, 6.07) is 0.187. The van der Waals surface area contributed by atoms with Crippen molar-refractivity contribution < 1.29 is 9.53 Å². The van der Waals surface area contributed by atoms with Gasteiger partial charge in [0.1, 0.15) is 0 Å². The van der Waals surface area contributed by atoms with Gasteiger partial charge in [-0.3, -0.25) is 4.79 Å². The number of nitrogens with two attached hydrogens (primary N) is 1. The number of rotatable bonds is 3. The van der Waals surface area contributed by atoms with Gasteiger partial charge in [0.25, 0.3) is 0 Å². The predicted molar refractivity (Wildman–Crippen MR) is 61.9 cm³/mol. The number of nitrogens with zero attached hydrogens (tertiary/aromatic N) is 1. The van der Waals surface area contributed by atoms with Crippen LogP contribution in [-0.2, 0) is 9.53 Å². The van der Waals surface area contributed by atoms with Crippen molar-refractivity contribution in [2.75, 3.05) is 20.2 Å². The van der Waals surface area contributed by atoms with E-state index in [0.717, 1.165) is 32.2 Å². The van der Waals surface area contributed by atoms with Crippen LogP contribution >= 0.6 is 0 Å². The topological polar surface area (TPSA) is 55.6 Å². The molecule has 1 aliphatic heterocycles. The molecule has 0 aromatic heterocycles. The van der Waals surface area contributed by atoms with Crippen LogP contribution in [0.5, 0.6) is 0 Å². The van der Waals surface area contributed by atoms with Gasteiger partial charge in [-0.25, -0.2) is 0 Å². The van der Waals surface area contributed by atoms with E-state index in [1.165, 1.54) is 6.42 Å². The molecule has 2 atom stereocenters. The first-order valence-electron chi connectivity index (χ1n) is 6.29. The van der Waals surface area contributed by atoms with Crippen LogP contribution in [0.15, 0.2) is 0 Å². The summed E-state index contributed by atoms with van der Waals surface area (Å²) in [5, 5.41) is 0. The fourth-order valence-electron chi connectivity index (χ4n) is 2.63. The van der Waals surface area contributed by atoms with Crippen LogP contribution in [0.2, 0.25) is 0 Å². The van der Waals surface area contributed by atoms with E-state index in [1.54, 1.807) is 7.11 Å². The van der Waals surface area contributed by atoms with Crippen molar-refractivity contribution in [1.29, 1.82) is 0 Å². The molecule has 1 saturated carbocycles. The van der Waals surface area contributed by atoms with Gasteiger partial charge in [-0.05, 0) is 25.7 Å². The summed E-state index contributed by atoms with van der Waals surface area (Å²) in [6.45, 7) is 1.37. The average Bonchev–Trinajstić information content (AvgIpc) is 2.25. The Hall–Kier alpha value is -0.610. The van der Waals surface area contributed by atoms with Crippen LogP contribution in [0.3, 0.4) is 0 Å².